The standard InChI is InChI=1S/C24H29F2N3O/c1-4-5-11-29(3)16-20-15-27-28-23(20)19-12-21(24(2,25)26)14-22(13-19)30-17-18-9-7-6-8-10-18/h6-10,12-15H,4-5,11,16-17H2,1-3H3,(H,27,28). The fourth-order valence-electron chi connectivity index (χ4n) is 3.30. The zero-order chi connectivity index (χ0) is 21.6. The predicted molar refractivity (Wildman–Crippen MR) is 116 cm³/mol. The van der Waals surface area contributed by atoms with Crippen LogP contribution in [0.15, 0.2) is 54.7 Å². The van der Waals surface area contributed by atoms with Crippen LogP contribution in [0.2, 0.25) is 0 Å². The number of nitrogens with zero attached hydrogens (tertiary/aromatic N) is 2. The summed E-state index contributed by atoms with van der Waals surface area (Å²) in [5.41, 5.74) is 3.26. The van der Waals surface area contributed by atoms with Crippen LogP contribution in [0.1, 0.15) is 43.4 Å². The highest BCUT2D eigenvalue weighted by Crippen LogP contribution is 2.35. The van der Waals surface area contributed by atoms with Crippen LogP contribution >= 0.6 is 0 Å². The Balaban J connectivity index is 1.88. The third-order valence-corrected chi connectivity index (χ3v) is 5.00. The van der Waals surface area contributed by atoms with E-state index in [1.165, 1.54) is 12.1 Å². The van der Waals surface area contributed by atoms with Gasteiger partial charge in [-0.3, -0.25) is 5.10 Å². The van der Waals surface area contributed by atoms with E-state index in [0.29, 0.717) is 24.5 Å². The Morgan fingerprint density at radius 2 is 1.90 bits per heavy atom. The largest absolute Gasteiger partial charge is 0.489 e. The van der Waals surface area contributed by atoms with Gasteiger partial charge in [0.05, 0.1) is 11.9 Å². The van der Waals surface area contributed by atoms with E-state index in [9.17, 15) is 8.78 Å². The number of nitrogens with one attached hydrogen (secondary N) is 1. The number of ether oxygens (including phenoxy) is 1. The Kier molecular flexibility index (Phi) is 7.21. The Hall–Kier alpha value is -2.73. The maximum atomic E-state index is 14.2. The number of halogens is 2. The van der Waals surface area contributed by atoms with Crippen LogP contribution in [0.3, 0.4) is 0 Å². The van der Waals surface area contributed by atoms with Crippen molar-refractivity contribution in [1.29, 1.82) is 0 Å². The number of unbranched alkanes of at least 4 members (excludes halogenated alkanes) is 1. The van der Waals surface area contributed by atoms with Crippen LogP contribution in [-0.2, 0) is 19.1 Å². The molecule has 2 aromatic carbocycles. The second-order valence-corrected chi connectivity index (χ2v) is 7.77. The SMILES string of the molecule is CCCCN(C)Cc1cn[nH]c1-c1cc(OCc2ccccc2)cc(C(C)(F)F)c1. The van der Waals surface area contributed by atoms with Gasteiger partial charge in [-0.1, -0.05) is 43.7 Å². The molecule has 0 saturated carbocycles. The summed E-state index contributed by atoms with van der Waals surface area (Å²) in [5.74, 6) is -2.56. The van der Waals surface area contributed by atoms with Gasteiger partial charge < -0.3 is 9.64 Å². The van der Waals surface area contributed by atoms with E-state index in [0.717, 1.165) is 43.1 Å². The van der Waals surface area contributed by atoms with Crippen molar-refractivity contribution in [2.24, 2.45) is 0 Å². The van der Waals surface area contributed by atoms with Crippen LogP contribution in [-0.4, -0.2) is 28.7 Å². The van der Waals surface area contributed by atoms with E-state index in [-0.39, 0.29) is 5.56 Å². The summed E-state index contributed by atoms with van der Waals surface area (Å²) in [5, 5.41) is 7.15. The van der Waals surface area contributed by atoms with Gasteiger partial charge in [-0.25, -0.2) is 8.78 Å². The minimum atomic E-state index is -2.97. The second-order valence-electron chi connectivity index (χ2n) is 7.77. The van der Waals surface area contributed by atoms with Crippen LogP contribution in [0.4, 0.5) is 8.78 Å². The number of alkyl halides is 2. The molecule has 3 aromatic rings. The Morgan fingerprint density at radius 1 is 1.13 bits per heavy atom. The van der Waals surface area contributed by atoms with Gasteiger partial charge in [0, 0.05) is 30.2 Å². The van der Waals surface area contributed by atoms with Gasteiger partial charge in [-0.05, 0) is 43.8 Å². The van der Waals surface area contributed by atoms with Crippen molar-refractivity contribution in [3.05, 3.63) is 71.4 Å². The molecule has 1 aromatic heterocycles. The van der Waals surface area contributed by atoms with Crippen LogP contribution < -0.4 is 4.74 Å². The average Bonchev–Trinajstić information content (AvgIpc) is 3.18. The Bertz CT molecular complexity index is 935. The molecule has 0 bridgehead atoms. The monoisotopic (exact) mass is 413 g/mol. The van der Waals surface area contributed by atoms with Crippen LogP contribution in [0.25, 0.3) is 11.3 Å². The van der Waals surface area contributed by atoms with E-state index >= 15 is 0 Å². The summed E-state index contributed by atoms with van der Waals surface area (Å²) < 4.78 is 34.2. The first kappa shape index (κ1) is 22.0. The zero-order valence-electron chi connectivity index (χ0n) is 17.8. The second kappa shape index (κ2) is 9.85. The summed E-state index contributed by atoms with van der Waals surface area (Å²) >= 11 is 0. The lowest BCUT2D eigenvalue weighted by Crippen LogP contribution is -2.19. The molecule has 4 nitrogen and oxygen atoms in total. The number of benzene rings is 2. The van der Waals surface area contributed by atoms with E-state index in [1.807, 2.05) is 30.3 Å². The van der Waals surface area contributed by atoms with Gasteiger partial charge >= 0.3 is 0 Å². The molecule has 0 saturated heterocycles. The molecule has 0 aliphatic carbocycles. The molecule has 0 spiro atoms. The van der Waals surface area contributed by atoms with E-state index in [1.54, 1.807) is 12.3 Å². The van der Waals surface area contributed by atoms with Gasteiger partial charge in [-0.2, -0.15) is 5.10 Å². The maximum absolute atomic E-state index is 14.2. The fraction of sp³-hybridized carbons (Fsp3) is 0.375. The third-order valence-electron chi connectivity index (χ3n) is 5.00. The molecule has 0 aliphatic rings. The van der Waals surface area contributed by atoms with Crippen LogP contribution in [0.5, 0.6) is 5.75 Å². The number of aromatic amines is 1. The molecule has 0 unspecified atom stereocenters. The lowest BCUT2D eigenvalue weighted by molar-refractivity contribution is 0.0172. The van der Waals surface area contributed by atoms with E-state index in [4.69, 9.17) is 4.74 Å². The Labute approximate surface area is 176 Å². The van der Waals surface area contributed by atoms with E-state index in [2.05, 4.69) is 29.1 Å². The first-order valence-electron chi connectivity index (χ1n) is 10.3. The van der Waals surface area contributed by atoms with Crippen molar-refractivity contribution in [2.45, 2.75) is 45.8 Å². The van der Waals surface area contributed by atoms with Crippen molar-refractivity contribution in [3.63, 3.8) is 0 Å². The molecular formula is C24H29F2N3O. The fourth-order valence-corrected chi connectivity index (χ4v) is 3.30. The first-order valence-corrected chi connectivity index (χ1v) is 10.3. The van der Waals surface area contributed by atoms with Crippen molar-refractivity contribution >= 4 is 0 Å². The van der Waals surface area contributed by atoms with Gasteiger partial charge in [0.1, 0.15) is 12.4 Å². The topological polar surface area (TPSA) is 41.2 Å². The van der Waals surface area contributed by atoms with Gasteiger partial charge in [0.15, 0.2) is 0 Å². The van der Waals surface area contributed by atoms with Crippen molar-refractivity contribution in [1.82, 2.24) is 15.1 Å². The lowest BCUT2D eigenvalue weighted by atomic mass is 10.0. The molecular weight excluding hydrogens is 384 g/mol. The van der Waals surface area contributed by atoms with Crippen molar-refractivity contribution < 1.29 is 13.5 Å². The minimum absolute atomic E-state index is 0.0806. The molecule has 0 radical (unpaired) electrons. The number of hydrogen-bond donors (Lipinski definition) is 1. The van der Waals surface area contributed by atoms with Crippen molar-refractivity contribution in [3.8, 4) is 17.0 Å². The Morgan fingerprint density at radius 3 is 2.60 bits per heavy atom. The van der Waals surface area contributed by atoms with Gasteiger partial charge in [0.2, 0.25) is 0 Å². The highest BCUT2D eigenvalue weighted by molar-refractivity contribution is 5.66. The summed E-state index contributed by atoms with van der Waals surface area (Å²) in [6, 6.07) is 14.4. The molecule has 160 valence electrons. The molecule has 1 N–H and O–H groups in total. The quantitative estimate of drug-likeness (QED) is 0.443. The minimum Gasteiger partial charge on any atom is -0.489 e. The highest BCUT2D eigenvalue weighted by atomic mass is 19.3. The molecule has 0 atom stereocenters. The molecule has 1 heterocycles. The molecule has 30 heavy (non-hydrogen) atoms. The summed E-state index contributed by atoms with van der Waals surface area (Å²) in [6.07, 6.45) is 4.00. The summed E-state index contributed by atoms with van der Waals surface area (Å²) in [6.45, 7) is 5.04. The van der Waals surface area contributed by atoms with Gasteiger partial charge in [-0.15, -0.1) is 0 Å². The number of aromatic nitrogens is 2. The maximum Gasteiger partial charge on any atom is 0.270 e. The molecule has 3 rings (SSSR count). The van der Waals surface area contributed by atoms with E-state index < -0.39 is 5.92 Å². The molecule has 0 aliphatic heterocycles. The summed E-state index contributed by atoms with van der Waals surface area (Å²) in [7, 11) is 2.05. The highest BCUT2D eigenvalue weighted by Gasteiger charge is 2.26. The predicted octanol–water partition coefficient (Wildman–Crippen LogP) is 6.00. The first-order chi connectivity index (χ1) is 14.4. The number of hydrogen-bond acceptors (Lipinski definition) is 3. The zero-order valence-corrected chi connectivity index (χ0v) is 17.8. The smallest absolute Gasteiger partial charge is 0.270 e. The molecule has 0 fully saturated rings. The average molecular weight is 414 g/mol. The van der Waals surface area contributed by atoms with Crippen LogP contribution in [0, 0.1) is 0 Å². The third kappa shape index (κ3) is 5.89. The summed E-state index contributed by atoms with van der Waals surface area (Å²) in [4.78, 5) is 2.21. The van der Waals surface area contributed by atoms with Crippen molar-refractivity contribution in [2.75, 3.05) is 13.6 Å². The lowest BCUT2D eigenvalue weighted by Gasteiger charge is -2.18. The number of rotatable bonds is 10. The molecule has 6 heteroatoms. The normalized spacial score (nSPS) is 11.8. The van der Waals surface area contributed by atoms with Gasteiger partial charge in [0.25, 0.3) is 5.92 Å². The molecule has 0 amide bonds. The number of H-pyrrole nitrogens is 1.